The van der Waals surface area contributed by atoms with E-state index in [1.165, 1.54) is 77.0 Å². The number of quaternary nitrogens is 1. The zero-order valence-electron chi connectivity index (χ0n) is 34.2. The zero-order chi connectivity index (χ0) is 38.5. The van der Waals surface area contributed by atoms with E-state index in [9.17, 15) is 19.5 Å². The molecule has 52 heavy (non-hydrogen) atoms. The first-order valence-corrected chi connectivity index (χ1v) is 21.0. The predicted molar refractivity (Wildman–Crippen MR) is 212 cm³/mol. The average Bonchev–Trinajstić information content (AvgIpc) is 3.09. The first-order valence-electron chi connectivity index (χ1n) is 21.0. The molecule has 0 aliphatic carbocycles. The lowest BCUT2D eigenvalue weighted by molar-refractivity contribution is -0.870. The summed E-state index contributed by atoms with van der Waals surface area (Å²) in [7, 11) is 5.94. The Kier molecular flexibility index (Phi) is 34.2. The molecule has 0 saturated carbocycles. The smallest absolute Gasteiger partial charge is 0.361 e. The summed E-state index contributed by atoms with van der Waals surface area (Å²) in [6.45, 7) is 4.78. The van der Waals surface area contributed by atoms with Crippen molar-refractivity contribution in [2.75, 3.05) is 47.5 Å². The van der Waals surface area contributed by atoms with Crippen molar-refractivity contribution >= 4 is 17.9 Å². The van der Waals surface area contributed by atoms with Gasteiger partial charge in [-0.25, -0.2) is 4.79 Å². The number of nitrogens with zero attached hydrogens (tertiary/aromatic N) is 1. The lowest BCUT2D eigenvalue weighted by Gasteiger charge is -2.25. The van der Waals surface area contributed by atoms with E-state index in [-0.39, 0.29) is 32.2 Å². The van der Waals surface area contributed by atoms with Gasteiger partial charge >= 0.3 is 17.9 Å². The third kappa shape index (κ3) is 36.1. The summed E-state index contributed by atoms with van der Waals surface area (Å²) >= 11 is 0. The molecule has 0 aromatic carbocycles. The van der Waals surface area contributed by atoms with Crippen LogP contribution in [0.3, 0.4) is 0 Å². The van der Waals surface area contributed by atoms with Crippen LogP contribution in [-0.2, 0) is 33.3 Å². The second-order valence-electron chi connectivity index (χ2n) is 15.3. The van der Waals surface area contributed by atoms with Crippen molar-refractivity contribution in [2.45, 2.75) is 187 Å². The molecule has 0 saturated heterocycles. The summed E-state index contributed by atoms with van der Waals surface area (Å²) in [6, 6.07) is 0. The highest BCUT2D eigenvalue weighted by Gasteiger charge is 2.25. The van der Waals surface area contributed by atoms with E-state index < -0.39 is 24.3 Å². The number of allylic oxidation sites excluding steroid dienone is 4. The van der Waals surface area contributed by atoms with Crippen LogP contribution in [0.15, 0.2) is 24.3 Å². The minimum Gasteiger partial charge on any atom is -0.477 e. The van der Waals surface area contributed by atoms with Crippen LogP contribution in [0.2, 0.25) is 0 Å². The van der Waals surface area contributed by atoms with Gasteiger partial charge in [-0.15, -0.1) is 0 Å². The van der Waals surface area contributed by atoms with E-state index in [1.807, 2.05) is 21.1 Å². The molecule has 1 N–H and O–H groups in total. The van der Waals surface area contributed by atoms with Gasteiger partial charge in [0.25, 0.3) is 6.29 Å². The van der Waals surface area contributed by atoms with Crippen molar-refractivity contribution in [2.24, 2.45) is 0 Å². The SMILES string of the molecule is CCC/C=C\C/C=C\CCCCCCCC(=O)OC(COC(=O)CCCCCCCCCCCCCCCC)COC(OCC[N+](C)(C)C)C(=O)O. The number of hydrogen-bond donors (Lipinski definition) is 1. The van der Waals surface area contributed by atoms with E-state index in [0.717, 1.165) is 64.2 Å². The maximum absolute atomic E-state index is 12.7. The van der Waals surface area contributed by atoms with Crippen molar-refractivity contribution in [3.05, 3.63) is 24.3 Å². The van der Waals surface area contributed by atoms with E-state index in [4.69, 9.17) is 18.9 Å². The topological polar surface area (TPSA) is 108 Å². The number of unbranched alkanes of at least 4 members (excludes halogenated alkanes) is 19. The van der Waals surface area contributed by atoms with E-state index in [2.05, 4.69) is 38.2 Å². The van der Waals surface area contributed by atoms with E-state index >= 15 is 0 Å². The molecule has 2 unspecified atom stereocenters. The summed E-state index contributed by atoms with van der Waals surface area (Å²) in [5.41, 5.74) is 0. The molecule has 0 bridgehead atoms. The second kappa shape index (κ2) is 35.8. The fourth-order valence-corrected chi connectivity index (χ4v) is 5.64. The van der Waals surface area contributed by atoms with E-state index in [1.54, 1.807) is 0 Å². The van der Waals surface area contributed by atoms with Crippen LogP contribution in [0.5, 0.6) is 0 Å². The molecule has 0 aliphatic rings. The Bertz CT molecular complexity index is 913. The van der Waals surface area contributed by atoms with Gasteiger partial charge in [0.2, 0.25) is 0 Å². The molecule has 0 aromatic rings. The standard InChI is InChI=1S/C43H79NO8/c1-6-8-10-12-14-16-18-20-22-23-25-27-29-31-33-40(45)50-37-39(38-51-43(42(47)48)49-36-35-44(3,4)5)52-41(46)34-32-30-28-26-24-21-19-17-15-13-11-9-7-2/h11,13,17,19,39,43H,6-10,12,14-16,18,20-38H2,1-5H3/p+1/b13-11-,19-17-. The lowest BCUT2D eigenvalue weighted by atomic mass is 10.0. The molecule has 0 aromatic heterocycles. The molecule has 0 rings (SSSR count). The van der Waals surface area contributed by atoms with Crippen molar-refractivity contribution in [3.8, 4) is 0 Å². The normalized spacial score (nSPS) is 13.2. The van der Waals surface area contributed by atoms with Gasteiger partial charge in [-0.1, -0.05) is 147 Å². The third-order valence-corrected chi connectivity index (χ3v) is 8.94. The van der Waals surface area contributed by atoms with Gasteiger partial charge in [-0.3, -0.25) is 9.59 Å². The highest BCUT2D eigenvalue weighted by Crippen LogP contribution is 2.14. The van der Waals surface area contributed by atoms with Crippen molar-refractivity contribution in [3.63, 3.8) is 0 Å². The van der Waals surface area contributed by atoms with E-state index in [0.29, 0.717) is 23.9 Å². The maximum atomic E-state index is 12.7. The van der Waals surface area contributed by atoms with Crippen LogP contribution in [0, 0.1) is 0 Å². The number of aliphatic carboxylic acids is 1. The molecule has 0 heterocycles. The number of ether oxygens (including phenoxy) is 4. The molecule has 9 nitrogen and oxygen atoms in total. The van der Waals surface area contributed by atoms with Crippen molar-refractivity contribution < 1.29 is 42.9 Å². The summed E-state index contributed by atoms with van der Waals surface area (Å²) in [5, 5.41) is 9.60. The number of carbonyl (C=O) groups excluding carboxylic acids is 2. The quantitative estimate of drug-likeness (QED) is 0.0219. The van der Waals surface area contributed by atoms with Crippen LogP contribution in [-0.4, -0.2) is 87.4 Å². The number of carbonyl (C=O) groups is 3. The van der Waals surface area contributed by atoms with Gasteiger partial charge in [0, 0.05) is 12.8 Å². The molecular weight excluding hydrogens is 658 g/mol. The first-order chi connectivity index (χ1) is 25.1. The fourth-order valence-electron chi connectivity index (χ4n) is 5.64. The molecular formula is C43H80NO8+. The average molecular weight is 739 g/mol. The summed E-state index contributed by atoms with van der Waals surface area (Å²) in [5.74, 6) is -2.02. The lowest BCUT2D eigenvalue weighted by Crippen LogP contribution is -2.40. The van der Waals surface area contributed by atoms with Crippen LogP contribution < -0.4 is 0 Å². The maximum Gasteiger partial charge on any atom is 0.361 e. The van der Waals surface area contributed by atoms with Crippen LogP contribution in [0.1, 0.15) is 174 Å². The van der Waals surface area contributed by atoms with Crippen molar-refractivity contribution in [1.29, 1.82) is 0 Å². The molecule has 0 spiro atoms. The Labute approximate surface area is 318 Å². The van der Waals surface area contributed by atoms with Crippen LogP contribution >= 0.6 is 0 Å². The summed E-state index contributed by atoms with van der Waals surface area (Å²) < 4.78 is 22.7. The zero-order valence-corrected chi connectivity index (χ0v) is 34.2. The Morgan fingerprint density at radius 1 is 0.577 bits per heavy atom. The van der Waals surface area contributed by atoms with Gasteiger partial charge < -0.3 is 28.5 Å². The largest absolute Gasteiger partial charge is 0.477 e. The minimum absolute atomic E-state index is 0.184. The Morgan fingerprint density at radius 2 is 1.08 bits per heavy atom. The van der Waals surface area contributed by atoms with Gasteiger partial charge in [0.05, 0.1) is 34.4 Å². The number of rotatable bonds is 38. The monoisotopic (exact) mass is 739 g/mol. The van der Waals surface area contributed by atoms with Crippen LogP contribution in [0.4, 0.5) is 0 Å². The van der Waals surface area contributed by atoms with Gasteiger partial charge in [0.1, 0.15) is 13.2 Å². The fraction of sp³-hybridized carbons (Fsp3) is 0.837. The number of carboxylic acids is 1. The molecule has 0 radical (unpaired) electrons. The summed E-state index contributed by atoms with van der Waals surface area (Å²) in [6.07, 6.45) is 33.7. The Morgan fingerprint density at radius 3 is 1.60 bits per heavy atom. The summed E-state index contributed by atoms with van der Waals surface area (Å²) in [4.78, 5) is 37.0. The minimum atomic E-state index is -1.51. The predicted octanol–water partition coefficient (Wildman–Crippen LogP) is 10.5. The van der Waals surface area contributed by atoms with Crippen LogP contribution in [0.25, 0.3) is 0 Å². The number of likely N-dealkylation sites (N-methyl/N-ethyl adjacent to an activating group) is 1. The molecule has 0 amide bonds. The van der Waals surface area contributed by atoms with Gasteiger partial charge in [-0.05, 0) is 38.5 Å². The number of carboxylic acid groups (broad SMARTS) is 1. The molecule has 0 fully saturated rings. The van der Waals surface area contributed by atoms with Crippen molar-refractivity contribution in [1.82, 2.24) is 0 Å². The second-order valence-corrected chi connectivity index (χ2v) is 15.3. The molecule has 9 heteroatoms. The molecule has 304 valence electrons. The molecule has 0 aliphatic heterocycles. The van der Waals surface area contributed by atoms with Gasteiger partial charge in [-0.2, -0.15) is 0 Å². The highest BCUT2D eigenvalue weighted by molar-refractivity contribution is 5.71. The number of hydrogen-bond acceptors (Lipinski definition) is 7. The number of esters is 2. The highest BCUT2D eigenvalue weighted by atomic mass is 16.7. The van der Waals surface area contributed by atoms with Gasteiger partial charge in [0.15, 0.2) is 6.10 Å². The molecule has 2 atom stereocenters. The Balaban J connectivity index is 4.49. The third-order valence-electron chi connectivity index (χ3n) is 8.94. The Hall–Kier alpha value is -2.23. The first kappa shape index (κ1) is 49.8.